The van der Waals surface area contributed by atoms with Crippen molar-refractivity contribution in [2.45, 2.75) is 25.3 Å². The van der Waals surface area contributed by atoms with E-state index in [4.69, 9.17) is 0 Å². The van der Waals surface area contributed by atoms with Crippen molar-refractivity contribution in [3.8, 4) is 0 Å². The first-order valence-electron chi connectivity index (χ1n) is 8.04. The van der Waals surface area contributed by atoms with Gasteiger partial charge in [0.1, 0.15) is 6.54 Å². The van der Waals surface area contributed by atoms with Crippen molar-refractivity contribution in [1.29, 1.82) is 0 Å². The first-order valence-corrected chi connectivity index (χ1v) is 10.3. The van der Waals surface area contributed by atoms with Crippen molar-refractivity contribution in [3.63, 3.8) is 0 Å². The molecule has 0 aliphatic rings. The highest BCUT2D eigenvalue weighted by Crippen LogP contribution is 2.19. The van der Waals surface area contributed by atoms with Gasteiger partial charge >= 0.3 is 0 Å². The molecule has 1 aromatic carbocycles. The molecular weight excluding hydrogens is 422 g/mol. The molecule has 0 aliphatic heterocycles. The van der Waals surface area contributed by atoms with Gasteiger partial charge < -0.3 is 9.88 Å². The first-order chi connectivity index (χ1) is 12.3. The fourth-order valence-corrected chi connectivity index (χ4v) is 4.31. The standard InChI is InChI=1S/C17H20BrN3O4S/c1-3-21(4-2)26(24,25)15-7-5-6-14(10-15)19-16(22)12-20-11-13(18)8-9-17(20)23/h5-11H,3-4,12H2,1-2H3,(H,19,22). The molecule has 1 N–H and O–H groups in total. The summed E-state index contributed by atoms with van der Waals surface area (Å²) >= 11 is 3.25. The Morgan fingerprint density at radius 1 is 1.19 bits per heavy atom. The van der Waals surface area contributed by atoms with Crippen LogP contribution < -0.4 is 10.9 Å². The molecule has 0 bridgehead atoms. The van der Waals surface area contributed by atoms with Gasteiger partial charge in [-0.25, -0.2) is 8.42 Å². The molecule has 0 unspecified atom stereocenters. The highest BCUT2D eigenvalue weighted by atomic mass is 79.9. The molecule has 0 atom stereocenters. The minimum Gasteiger partial charge on any atom is -0.324 e. The van der Waals surface area contributed by atoms with Crippen molar-refractivity contribution in [2.24, 2.45) is 0 Å². The third-order valence-electron chi connectivity index (χ3n) is 3.72. The van der Waals surface area contributed by atoms with Gasteiger partial charge in [-0.05, 0) is 40.2 Å². The number of carbonyl (C=O) groups excluding carboxylic acids is 1. The Morgan fingerprint density at radius 2 is 1.88 bits per heavy atom. The molecule has 0 fully saturated rings. The maximum Gasteiger partial charge on any atom is 0.251 e. The number of aromatic nitrogens is 1. The summed E-state index contributed by atoms with van der Waals surface area (Å²) in [5.41, 5.74) is 0.0486. The number of nitrogens with zero attached hydrogens (tertiary/aromatic N) is 2. The van der Waals surface area contributed by atoms with Crippen molar-refractivity contribution >= 4 is 37.5 Å². The van der Waals surface area contributed by atoms with Gasteiger partial charge in [-0.1, -0.05) is 19.9 Å². The zero-order chi connectivity index (χ0) is 19.3. The van der Waals surface area contributed by atoms with Crippen LogP contribution in [0, 0.1) is 0 Å². The van der Waals surface area contributed by atoms with Gasteiger partial charge in [0.15, 0.2) is 0 Å². The number of carbonyl (C=O) groups is 1. The fourth-order valence-electron chi connectivity index (χ4n) is 2.43. The van der Waals surface area contributed by atoms with Gasteiger partial charge in [0.25, 0.3) is 5.56 Å². The van der Waals surface area contributed by atoms with Crippen LogP contribution in [0.4, 0.5) is 5.69 Å². The number of anilines is 1. The Labute approximate surface area is 160 Å². The van der Waals surface area contributed by atoms with E-state index >= 15 is 0 Å². The minimum atomic E-state index is -3.61. The normalized spacial score (nSPS) is 11.5. The predicted octanol–water partition coefficient (Wildman–Crippen LogP) is 2.28. The molecule has 0 saturated carbocycles. The van der Waals surface area contributed by atoms with Crippen LogP contribution >= 0.6 is 15.9 Å². The molecule has 0 saturated heterocycles. The van der Waals surface area contributed by atoms with Crippen molar-refractivity contribution in [1.82, 2.24) is 8.87 Å². The number of sulfonamides is 1. The van der Waals surface area contributed by atoms with Crippen LogP contribution in [0.1, 0.15) is 13.8 Å². The molecule has 140 valence electrons. The van der Waals surface area contributed by atoms with Crippen molar-refractivity contribution in [3.05, 3.63) is 57.4 Å². The van der Waals surface area contributed by atoms with Crippen LogP contribution in [0.3, 0.4) is 0 Å². The summed E-state index contributed by atoms with van der Waals surface area (Å²) in [6, 6.07) is 9.02. The number of hydrogen-bond acceptors (Lipinski definition) is 4. The van der Waals surface area contributed by atoms with E-state index in [1.807, 2.05) is 0 Å². The second-order valence-electron chi connectivity index (χ2n) is 5.48. The molecule has 1 heterocycles. The van der Waals surface area contributed by atoms with Gasteiger partial charge in [-0.3, -0.25) is 9.59 Å². The summed E-state index contributed by atoms with van der Waals surface area (Å²) in [5.74, 6) is -0.428. The molecule has 7 nitrogen and oxygen atoms in total. The number of amides is 1. The Bertz CT molecular complexity index is 952. The maximum atomic E-state index is 12.6. The van der Waals surface area contributed by atoms with E-state index < -0.39 is 15.9 Å². The number of rotatable bonds is 7. The highest BCUT2D eigenvalue weighted by Gasteiger charge is 2.21. The van der Waals surface area contributed by atoms with Crippen LogP contribution in [0.2, 0.25) is 0 Å². The molecular formula is C17H20BrN3O4S. The third-order valence-corrected chi connectivity index (χ3v) is 6.24. The van der Waals surface area contributed by atoms with E-state index in [1.165, 1.54) is 33.3 Å². The van der Waals surface area contributed by atoms with Crippen LogP contribution in [0.25, 0.3) is 0 Å². The Kier molecular flexibility index (Phi) is 6.74. The highest BCUT2D eigenvalue weighted by molar-refractivity contribution is 9.10. The third kappa shape index (κ3) is 4.80. The lowest BCUT2D eigenvalue weighted by Crippen LogP contribution is -2.30. The van der Waals surface area contributed by atoms with Crippen molar-refractivity contribution in [2.75, 3.05) is 18.4 Å². The summed E-state index contributed by atoms with van der Waals surface area (Å²) < 4.78 is 28.4. The van der Waals surface area contributed by atoms with Gasteiger partial charge in [0.2, 0.25) is 15.9 Å². The minimum absolute atomic E-state index is 0.110. The largest absolute Gasteiger partial charge is 0.324 e. The SMILES string of the molecule is CCN(CC)S(=O)(=O)c1cccc(NC(=O)Cn2cc(Br)ccc2=O)c1. The average Bonchev–Trinajstić information content (AvgIpc) is 2.59. The molecule has 26 heavy (non-hydrogen) atoms. The Morgan fingerprint density at radius 3 is 2.54 bits per heavy atom. The Balaban J connectivity index is 2.19. The second-order valence-corrected chi connectivity index (χ2v) is 8.33. The maximum absolute atomic E-state index is 12.6. The number of nitrogens with one attached hydrogen (secondary N) is 1. The van der Waals surface area contributed by atoms with Gasteiger partial charge in [0, 0.05) is 35.5 Å². The first kappa shape index (κ1) is 20.3. The van der Waals surface area contributed by atoms with E-state index in [-0.39, 0.29) is 17.0 Å². The number of pyridine rings is 1. The summed E-state index contributed by atoms with van der Waals surface area (Å²) in [4.78, 5) is 24.1. The van der Waals surface area contributed by atoms with Gasteiger partial charge in [-0.15, -0.1) is 0 Å². The molecule has 2 rings (SSSR count). The molecule has 0 radical (unpaired) electrons. The van der Waals surface area contributed by atoms with Crippen LogP contribution in [0.5, 0.6) is 0 Å². The van der Waals surface area contributed by atoms with Crippen LogP contribution in [-0.2, 0) is 21.4 Å². The number of benzene rings is 1. The predicted molar refractivity (Wildman–Crippen MR) is 104 cm³/mol. The van der Waals surface area contributed by atoms with E-state index in [0.29, 0.717) is 23.2 Å². The molecule has 1 aromatic heterocycles. The summed E-state index contributed by atoms with van der Waals surface area (Å²) in [6.45, 7) is 4.08. The zero-order valence-corrected chi connectivity index (χ0v) is 16.9. The van der Waals surface area contributed by atoms with Gasteiger partial charge in [-0.2, -0.15) is 4.31 Å². The average molecular weight is 442 g/mol. The lowest BCUT2D eigenvalue weighted by molar-refractivity contribution is -0.116. The monoisotopic (exact) mass is 441 g/mol. The van der Waals surface area contributed by atoms with Crippen LogP contribution in [0.15, 0.2) is 56.8 Å². The topological polar surface area (TPSA) is 88.5 Å². The summed E-state index contributed by atoms with van der Waals surface area (Å²) in [7, 11) is -3.61. The quantitative estimate of drug-likeness (QED) is 0.713. The molecule has 1 amide bonds. The van der Waals surface area contributed by atoms with Gasteiger partial charge in [0.05, 0.1) is 4.90 Å². The molecule has 0 spiro atoms. The smallest absolute Gasteiger partial charge is 0.251 e. The molecule has 9 heteroatoms. The zero-order valence-electron chi connectivity index (χ0n) is 14.5. The van der Waals surface area contributed by atoms with Crippen LogP contribution in [-0.4, -0.2) is 36.3 Å². The second kappa shape index (κ2) is 8.61. The van der Waals surface area contributed by atoms with E-state index in [1.54, 1.807) is 32.0 Å². The van der Waals surface area contributed by atoms with E-state index in [9.17, 15) is 18.0 Å². The number of halogens is 1. The number of hydrogen-bond donors (Lipinski definition) is 1. The van der Waals surface area contributed by atoms with Crippen molar-refractivity contribution < 1.29 is 13.2 Å². The Hall–Kier alpha value is -1.97. The van der Waals surface area contributed by atoms with E-state index in [0.717, 1.165) is 0 Å². The summed E-state index contributed by atoms with van der Waals surface area (Å²) in [5, 5.41) is 2.63. The lowest BCUT2D eigenvalue weighted by atomic mass is 10.3. The van der Waals surface area contributed by atoms with E-state index in [2.05, 4.69) is 21.2 Å². The summed E-state index contributed by atoms with van der Waals surface area (Å²) in [6.07, 6.45) is 1.52. The molecule has 2 aromatic rings. The molecule has 0 aliphatic carbocycles. The lowest BCUT2D eigenvalue weighted by Gasteiger charge is -2.18. The fraction of sp³-hybridized carbons (Fsp3) is 0.294.